The molecule has 0 bridgehead atoms. The van der Waals surface area contributed by atoms with Crippen LogP contribution in [0.15, 0.2) is 36.4 Å². The van der Waals surface area contributed by atoms with Crippen LogP contribution in [0.1, 0.15) is 32.6 Å². The number of ketones is 1. The molecule has 2 aromatic rings. The molecule has 0 fully saturated rings. The smallest absolute Gasteiger partial charge is 0.294 e. The summed E-state index contributed by atoms with van der Waals surface area (Å²) in [5, 5.41) is 0. The second-order valence-electron chi connectivity index (χ2n) is 5.21. The minimum Gasteiger partial charge on any atom is -0.294 e. The highest BCUT2D eigenvalue weighted by Crippen LogP contribution is 2.32. The van der Waals surface area contributed by atoms with Crippen molar-refractivity contribution >= 4 is 28.4 Å². The van der Waals surface area contributed by atoms with Crippen LogP contribution < -0.4 is 0 Å². The Morgan fingerprint density at radius 3 is 2.27 bits per heavy atom. The molecule has 0 atom stereocenters. The topological polar surface area (TPSA) is 17.1 Å². The SMILES string of the molecule is Cc1ccc(C(=O)Cc2ccc(C)c(C(F)(F)F)c2)cc1I. The zero-order valence-electron chi connectivity index (χ0n) is 12.1. The molecular formula is C17H14F3IO. The van der Waals surface area contributed by atoms with Gasteiger partial charge in [-0.3, -0.25) is 4.79 Å². The van der Waals surface area contributed by atoms with Crippen molar-refractivity contribution in [2.75, 3.05) is 0 Å². The molecule has 0 N–H and O–H groups in total. The predicted molar refractivity (Wildman–Crippen MR) is 88.1 cm³/mol. The van der Waals surface area contributed by atoms with Crippen molar-refractivity contribution in [3.63, 3.8) is 0 Å². The van der Waals surface area contributed by atoms with Gasteiger partial charge in [0.2, 0.25) is 0 Å². The zero-order chi connectivity index (χ0) is 16.5. The molecule has 0 aliphatic heterocycles. The zero-order valence-corrected chi connectivity index (χ0v) is 14.2. The number of carbonyl (C=O) groups excluding carboxylic acids is 1. The molecule has 2 rings (SSSR count). The molecule has 1 nitrogen and oxygen atoms in total. The molecule has 0 heterocycles. The van der Waals surface area contributed by atoms with E-state index in [0.717, 1.165) is 15.2 Å². The number of hydrogen-bond acceptors (Lipinski definition) is 1. The molecule has 22 heavy (non-hydrogen) atoms. The van der Waals surface area contributed by atoms with Crippen molar-refractivity contribution in [2.45, 2.75) is 26.4 Å². The lowest BCUT2D eigenvalue weighted by molar-refractivity contribution is -0.138. The first kappa shape index (κ1) is 17.0. The Kier molecular flexibility index (Phi) is 4.94. The van der Waals surface area contributed by atoms with Crippen molar-refractivity contribution in [2.24, 2.45) is 0 Å². The molecule has 0 saturated heterocycles. The molecule has 0 aliphatic carbocycles. The largest absolute Gasteiger partial charge is 0.416 e. The van der Waals surface area contributed by atoms with Crippen LogP contribution in [0.3, 0.4) is 0 Å². The molecule has 0 aromatic heterocycles. The van der Waals surface area contributed by atoms with Crippen LogP contribution in [0, 0.1) is 17.4 Å². The van der Waals surface area contributed by atoms with Crippen LogP contribution in [0.25, 0.3) is 0 Å². The fourth-order valence-corrected chi connectivity index (χ4v) is 2.65. The summed E-state index contributed by atoms with van der Waals surface area (Å²) in [6.07, 6.45) is -4.44. The number of carbonyl (C=O) groups is 1. The number of hydrogen-bond donors (Lipinski definition) is 0. The van der Waals surface area contributed by atoms with Gasteiger partial charge in [0, 0.05) is 15.6 Å². The average molecular weight is 418 g/mol. The molecule has 0 saturated carbocycles. The molecule has 0 aliphatic rings. The highest BCUT2D eigenvalue weighted by atomic mass is 127. The van der Waals surface area contributed by atoms with Crippen LogP contribution in [0.2, 0.25) is 0 Å². The summed E-state index contributed by atoms with van der Waals surface area (Å²) < 4.78 is 39.7. The van der Waals surface area contributed by atoms with E-state index in [9.17, 15) is 18.0 Å². The van der Waals surface area contributed by atoms with E-state index in [4.69, 9.17) is 0 Å². The number of Topliss-reactive ketones (excluding diaryl/α,β-unsaturated/α-hetero) is 1. The fourth-order valence-electron chi connectivity index (χ4n) is 2.14. The first-order chi connectivity index (χ1) is 10.2. The average Bonchev–Trinajstić information content (AvgIpc) is 2.42. The van der Waals surface area contributed by atoms with Crippen LogP contribution in [0.4, 0.5) is 13.2 Å². The Hall–Kier alpha value is -1.37. The minimum atomic E-state index is -4.40. The first-order valence-corrected chi connectivity index (χ1v) is 7.72. The van der Waals surface area contributed by atoms with Crippen molar-refractivity contribution in [1.82, 2.24) is 0 Å². The number of rotatable bonds is 3. The van der Waals surface area contributed by atoms with Gasteiger partial charge in [-0.15, -0.1) is 0 Å². The lowest BCUT2D eigenvalue weighted by atomic mass is 9.98. The van der Waals surface area contributed by atoms with Crippen molar-refractivity contribution in [3.05, 3.63) is 67.8 Å². The Morgan fingerprint density at radius 1 is 1.05 bits per heavy atom. The Labute approximate surface area is 140 Å². The van der Waals surface area contributed by atoms with Crippen molar-refractivity contribution in [3.8, 4) is 0 Å². The quantitative estimate of drug-likeness (QED) is 0.485. The van der Waals surface area contributed by atoms with Crippen LogP contribution in [0.5, 0.6) is 0 Å². The van der Waals surface area contributed by atoms with Gasteiger partial charge in [0.15, 0.2) is 5.78 Å². The van der Waals surface area contributed by atoms with E-state index in [2.05, 4.69) is 22.6 Å². The third-order valence-electron chi connectivity index (χ3n) is 3.47. The maximum Gasteiger partial charge on any atom is 0.416 e. The van der Waals surface area contributed by atoms with Gasteiger partial charge in [-0.25, -0.2) is 0 Å². The summed E-state index contributed by atoms with van der Waals surface area (Å²) in [4.78, 5) is 12.2. The van der Waals surface area contributed by atoms with E-state index < -0.39 is 11.7 Å². The summed E-state index contributed by atoms with van der Waals surface area (Å²) >= 11 is 2.13. The summed E-state index contributed by atoms with van der Waals surface area (Å²) in [7, 11) is 0. The monoisotopic (exact) mass is 418 g/mol. The molecule has 2 aromatic carbocycles. The van der Waals surface area contributed by atoms with Gasteiger partial charge in [0.25, 0.3) is 0 Å². The Bertz CT molecular complexity index is 720. The van der Waals surface area contributed by atoms with Crippen molar-refractivity contribution < 1.29 is 18.0 Å². The van der Waals surface area contributed by atoms with Crippen LogP contribution in [-0.4, -0.2) is 5.78 Å². The van der Waals surface area contributed by atoms with Gasteiger partial charge in [-0.2, -0.15) is 13.2 Å². The normalized spacial score (nSPS) is 11.5. The van der Waals surface area contributed by atoms with Crippen molar-refractivity contribution in [1.29, 1.82) is 0 Å². The van der Waals surface area contributed by atoms with Crippen LogP contribution >= 0.6 is 22.6 Å². The second-order valence-corrected chi connectivity index (χ2v) is 6.37. The number of halogens is 4. The highest BCUT2D eigenvalue weighted by molar-refractivity contribution is 14.1. The summed E-state index contributed by atoms with van der Waals surface area (Å²) in [6, 6.07) is 9.35. The van der Waals surface area contributed by atoms with Gasteiger partial charge < -0.3 is 0 Å². The molecule has 116 valence electrons. The Morgan fingerprint density at radius 2 is 1.68 bits per heavy atom. The standard InChI is InChI=1S/C17H14F3IO/c1-10-3-5-12(7-14(10)17(18,19)20)8-16(22)13-6-4-11(2)15(21)9-13/h3-7,9H,8H2,1-2H3. The van der Waals surface area contributed by atoms with E-state index in [1.54, 1.807) is 18.2 Å². The maximum atomic E-state index is 12.9. The molecular weight excluding hydrogens is 404 g/mol. The van der Waals surface area contributed by atoms with Gasteiger partial charge in [0.05, 0.1) is 5.56 Å². The fraction of sp³-hybridized carbons (Fsp3) is 0.235. The molecule has 0 amide bonds. The molecule has 0 spiro atoms. The van der Waals surface area contributed by atoms with E-state index >= 15 is 0 Å². The van der Waals surface area contributed by atoms with Gasteiger partial charge in [-0.1, -0.05) is 24.3 Å². The predicted octanol–water partition coefficient (Wildman–Crippen LogP) is 5.35. The summed E-state index contributed by atoms with van der Waals surface area (Å²) in [6.45, 7) is 3.35. The van der Waals surface area contributed by atoms with E-state index in [0.29, 0.717) is 11.1 Å². The maximum absolute atomic E-state index is 12.9. The Balaban J connectivity index is 2.27. The van der Waals surface area contributed by atoms with E-state index in [1.165, 1.54) is 13.0 Å². The first-order valence-electron chi connectivity index (χ1n) is 6.64. The summed E-state index contributed by atoms with van der Waals surface area (Å²) in [5.41, 5.74) is 1.43. The third-order valence-corrected chi connectivity index (χ3v) is 4.63. The molecule has 0 radical (unpaired) electrons. The van der Waals surface area contributed by atoms with E-state index in [1.807, 2.05) is 13.0 Å². The molecule has 0 unspecified atom stereocenters. The van der Waals surface area contributed by atoms with E-state index in [-0.39, 0.29) is 17.8 Å². The lowest BCUT2D eigenvalue weighted by Gasteiger charge is -2.12. The van der Waals surface area contributed by atoms with Gasteiger partial charge >= 0.3 is 6.18 Å². The number of alkyl halides is 3. The molecule has 5 heteroatoms. The number of aryl methyl sites for hydroxylation is 2. The van der Waals surface area contributed by atoms with Gasteiger partial charge in [-0.05, 0) is 65.3 Å². The summed E-state index contributed by atoms with van der Waals surface area (Å²) in [5.74, 6) is -0.185. The second kappa shape index (κ2) is 6.40. The minimum absolute atomic E-state index is 0.0392. The highest BCUT2D eigenvalue weighted by Gasteiger charge is 2.32. The lowest BCUT2D eigenvalue weighted by Crippen LogP contribution is -2.10. The van der Waals surface area contributed by atoms with Crippen LogP contribution in [-0.2, 0) is 12.6 Å². The number of benzene rings is 2. The van der Waals surface area contributed by atoms with Gasteiger partial charge in [0.1, 0.15) is 0 Å². The third kappa shape index (κ3) is 3.88.